The first-order valence-electron chi connectivity index (χ1n) is 15.3. The molecule has 3 aromatic carbocycles. The van der Waals surface area contributed by atoms with E-state index in [1.54, 1.807) is 0 Å². The van der Waals surface area contributed by atoms with Gasteiger partial charge in [-0.15, -0.1) is 0 Å². The highest BCUT2D eigenvalue weighted by atomic mass is 32.2. The Kier molecular flexibility index (Phi) is 8.16. The van der Waals surface area contributed by atoms with Gasteiger partial charge in [-0.05, 0) is 115 Å². The fourth-order valence-corrected chi connectivity index (χ4v) is 8.01. The molecule has 0 unspecified atom stereocenters. The second kappa shape index (κ2) is 11.8. The molecule has 1 aliphatic heterocycles. The van der Waals surface area contributed by atoms with Crippen LogP contribution in [0.2, 0.25) is 0 Å². The van der Waals surface area contributed by atoms with Crippen LogP contribution in [0.15, 0.2) is 60.7 Å². The maximum absolute atomic E-state index is 12.0. The van der Waals surface area contributed by atoms with Crippen molar-refractivity contribution in [1.82, 2.24) is 0 Å². The van der Waals surface area contributed by atoms with E-state index in [0.717, 1.165) is 44.3 Å². The van der Waals surface area contributed by atoms with Crippen molar-refractivity contribution in [2.24, 2.45) is 5.92 Å². The van der Waals surface area contributed by atoms with Crippen LogP contribution in [0.25, 0.3) is 11.1 Å². The Bertz CT molecular complexity index is 1540. The maximum Gasteiger partial charge on any atom is 0.309 e. The third kappa shape index (κ3) is 6.57. The predicted molar refractivity (Wildman–Crippen MR) is 164 cm³/mol. The number of benzene rings is 3. The Morgan fingerprint density at radius 3 is 2.38 bits per heavy atom. The zero-order chi connectivity index (χ0) is 29.3. The number of ether oxygens (including phenoxy) is 2. The molecule has 0 radical (unpaired) electrons. The number of aliphatic hydroxyl groups is 1. The van der Waals surface area contributed by atoms with Crippen molar-refractivity contribution in [1.29, 1.82) is 0 Å². The van der Waals surface area contributed by atoms with Crippen molar-refractivity contribution in [3.05, 3.63) is 88.5 Å². The minimum Gasteiger partial charge on any atom is -0.491 e. The number of fused-ring (bicyclic) bond motifs is 3. The Hall–Kier alpha value is -3.16. The fourth-order valence-electron chi connectivity index (χ4n) is 6.42. The van der Waals surface area contributed by atoms with E-state index in [2.05, 4.69) is 54.6 Å². The number of carbonyl (C=O) groups is 1. The summed E-state index contributed by atoms with van der Waals surface area (Å²) in [6.45, 7) is 2.40. The number of hydrogen-bond acceptors (Lipinski definition) is 6. The molecule has 6 rings (SSSR count). The molecule has 42 heavy (non-hydrogen) atoms. The molecule has 7 heteroatoms. The molecule has 0 aromatic heterocycles. The van der Waals surface area contributed by atoms with E-state index in [-0.39, 0.29) is 42.8 Å². The van der Waals surface area contributed by atoms with Crippen molar-refractivity contribution in [3.8, 4) is 16.9 Å². The molecule has 1 saturated carbocycles. The van der Waals surface area contributed by atoms with E-state index >= 15 is 0 Å². The van der Waals surface area contributed by atoms with E-state index in [4.69, 9.17) is 9.47 Å². The lowest BCUT2D eigenvalue weighted by atomic mass is 9.93. The van der Waals surface area contributed by atoms with Gasteiger partial charge in [0.2, 0.25) is 0 Å². The summed E-state index contributed by atoms with van der Waals surface area (Å²) in [5.41, 5.74) is 7.88. The van der Waals surface area contributed by atoms with E-state index in [1.807, 2.05) is 13.0 Å². The van der Waals surface area contributed by atoms with E-state index in [0.29, 0.717) is 12.5 Å². The molecule has 0 bridgehead atoms. The van der Waals surface area contributed by atoms with Crippen molar-refractivity contribution in [3.63, 3.8) is 0 Å². The van der Waals surface area contributed by atoms with Crippen LogP contribution in [0.1, 0.15) is 66.3 Å². The number of carbonyl (C=O) groups excluding carboxylic acids is 1. The van der Waals surface area contributed by atoms with Crippen molar-refractivity contribution >= 4 is 15.8 Å². The molecule has 222 valence electrons. The molecule has 2 fully saturated rings. The van der Waals surface area contributed by atoms with Gasteiger partial charge in [0.15, 0.2) is 9.84 Å². The lowest BCUT2D eigenvalue weighted by molar-refractivity contribution is -0.144. The van der Waals surface area contributed by atoms with Gasteiger partial charge in [0.1, 0.15) is 18.0 Å². The van der Waals surface area contributed by atoms with Gasteiger partial charge >= 0.3 is 5.97 Å². The van der Waals surface area contributed by atoms with Crippen LogP contribution >= 0.6 is 0 Å². The summed E-state index contributed by atoms with van der Waals surface area (Å²) in [7, 11) is -3.04. The number of esters is 1. The van der Waals surface area contributed by atoms with Gasteiger partial charge < -0.3 is 14.6 Å². The highest BCUT2D eigenvalue weighted by Gasteiger charge is 2.45. The summed E-state index contributed by atoms with van der Waals surface area (Å²) in [6.07, 6.45) is 6.29. The molecule has 1 saturated heterocycles. The molecular formula is C35H40O6S. The van der Waals surface area contributed by atoms with E-state index < -0.39 is 15.4 Å². The van der Waals surface area contributed by atoms with E-state index in [9.17, 15) is 18.3 Å². The largest absolute Gasteiger partial charge is 0.491 e. The van der Waals surface area contributed by atoms with Gasteiger partial charge in [-0.3, -0.25) is 4.79 Å². The predicted octanol–water partition coefficient (Wildman–Crippen LogP) is 5.61. The number of sulfone groups is 1. The number of aryl methyl sites for hydroxylation is 4. The first-order valence-corrected chi connectivity index (χ1v) is 17.1. The average Bonchev–Trinajstić information content (AvgIpc) is 3.81. The number of hydrogen-bond donors (Lipinski definition) is 1. The minimum atomic E-state index is -3.04. The third-order valence-electron chi connectivity index (χ3n) is 9.19. The highest BCUT2D eigenvalue weighted by molar-refractivity contribution is 7.91. The SMILES string of the molecule is CCOC(=O)[C@H]1C[C@@H]1c1ccc(CCc2ccc3c(c2)-c2ccc(OCC4(O)CCS(=O)(=O)CC4)cc2CCC3)cc1. The monoisotopic (exact) mass is 588 g/mol. The second-order valence-corrected chi connectivity index (χ2v) is 14.6. The standard InChI is InChI=1S/C35H40O6S/c1-2-40-34(36)33-22-32(33)27-11-8-24(9-12-27)6-7-25-10-13-26-4-3-5-28-21-29(14-15-30(28)31(26)20-25)41-23-35(37)16-18-42(38,39)19-17-35/h8-15,20-21,32-33,37H,2-7,16-19,22-23H2,1H3/t32-,33+/m1/s1. The lowest BCUT2D eigenvalue weighted by Crippen LogP contribution is -2.43. The van der Waals surface area contributed by atoms with Crippen LogP contribution in [0, 0.1) is 5.92 Å². The molecule has 2 atom stereocenters. The van der Waals surface area contributed by atoms with Crippen LogP contribution in [0.5, 0.6) is 5.75 Å². The Morgan fingerprint density at radius 1 is 0.905 bits per heavy atom. The molecule has 1 N–H and O–H groups in total. The molecule has 3 aromatic rings. The van der Waals surface area contributed by atoms with Crippen LogP contribution in [-0.4, -0.2) is 49.8 Å². The zero-order valence-corrected chi connectivity index (χ0v) is 25.1. The van der Waals surface area contributed by atoms with Crippen molar-refractivity contribution in [2.75, 3.05) is 24.7 Å². The van der Waals surface area contributed by atoms with Crippen LogP contribution in [-0.2, 0) is 45.1 Å². The van der Waals surface area contributed by atoms with Gasteiger partial charge in [-0.1, -0.05) is 48.5 Å². The molecule has 0 spiro atoms. The first-order chi connectivity index (χ1) is 20.2. The Morgan fingerprint density at radius 2 is 1.62 bits per heavy atom. The third-order valence-corrected chi connectivity index (χ3v) is 10.8. The van der Waals surface area contributed by atoms with Crippen molar-refractivity contribution < 1.29 is 27.8 Å². The summed E-state index contributed by atoms with van der Waals surface area (Å²) >= 11 is 0. The van der Waals surface area contributed by atoms with E-state index in [1.165, 1.54) is 38.9 Å². The summed E-state index contributed by atoms with van der Waals surface area (Å²) in [6, 6.07) is 21.8. The van der Waals surface area contributed by atoms with Gasteiger partial charge in [0.05, 0.1) is 24.0 Å². The Balaban J connectivity index is 1.10. The van der Waals surface area contributed by atoms with Gasteiger partial charge in [0, 0.05) is 0 Å². The average molecular weight is 589 g/mol. The topological polar surface area (TPSA) is 89.9 Å². The van der Waals surface area contributed by atoms with Crippen molar-refractivity contribution in [2.45, 2.75) is 69.8 Å². The molecule has 0 amide bonds. The normalized spacial score (nSPS) is 21.9. The Labute approximate surface area is 249 Å². The number of rotatable bonds is 9. The minimum absolute atomic E-state index is 0.0134. The molecule has 3 aliphatic rings. The van der Waals surface area contributed by atoms with Crippen LogP contribution in [0.4, 0.5) is 0 Å². The molecule has 1 heterocycles. The highest BCUT2D eigenvalue weighted by Crippen LogP contribution is 2.48. The maximum atomic E-state index is 12.0. The van der Waals surface area contributed by atoms with Gasteiger partial charge in [-0.25, -0.2) is 8.42 Å². The molecule has 2 aliphatic carbocycles. The molecular weight excluding hydrogens is 548 g/mol. The second-order valence-electron chi connectivity index (χ2n) is 12.3. The smallest absolute Gasteiger partial charge is 0.309 e. The lowest BCUT2D eigenvalue weighted by Gasteiger charge is -2.31. The molecule has 6 nitrogen and oxygen atoms in total. The van der Waals surface area contributed by atoms with Crippen LogP contribution in [0.3, 0.4) is 0 Å². The van der Waals surface area contributed by atoms with Crippen LogP contribution < -0.4 is 4.74 Å². The quantitative estimate of drug-likeness (QED) is 0.327. The fraction of sp³-hybridized carbons (Fsp3) is 0.457. The summed E-state index contributed by atoms with van der Waals surface area (Å²) in [4.78, 5) is 12.0. The van der Waals surface area contributed by atoms with Gasteiger partial charge in [0.25, 0.3) is 0 Å². The summed E-state index contributed by atoms with van der Waals surface area (Å²) < 4.78 is 34.7. The van der Waals surface area contributed by atoms with Gasteiger partial charge in [-0.2, -0.15) is 0 Å². The summed E-state index contributed by atoms with van der Waals surface area (Å²) in [5, 5.41) is 10.8. The first kappa shape index (κ1) is 28.9. The summed E-state index contributed by atoms with van der Waals surface area (Å²) in [5.74, 6) is 0.990. The zero-order valence-electron chi connectivity index (χ0n) is 24.3.